The Labute approximate surface area is 185 Å². The van der Waals surface area contributed by atoms with Crippen molar-refractivity contribution in [2.45, 2.75) is 71.6 Å². The molecule has 2 aliphatic heterocycles. The van der Waals surface area contributed by atoms with E-state index in [0.717, 1.165) is 73.8 Å². The molecule has 0 bridgehead atoms. The minimum atomic E-state index is 0.143. The fourth-order valence-electron chi connectivity index (χ4n) is 4.62. The topological polar surface area (TPSA) is 58.6 Å². The lowest BCUT2D eigenvalue weighted by molar-refractivity contribution is -0.132. The molecule has 1 amide bonds. The SMILES string of the molecule is CCCCCC(=O)N1CCc2nc(-c3ccccc3)nc(N3C[C@@H](C)O[C@H](C)C3)c2C1. The molecule has 166 valence electrons. The number of ether oxygens (including phenoxy) is 1. The Balaban J connectivity index is 1.67. The second-order valence-corrected chi connectivity index (χ2v) is 8.85. The van der Waals surface area contributed by atoms with Crippen molar-refractivity contribution in [3.63, 3.8) is 0 Å². The fraction of sp³-hybridized carbons (Fsp3) is 0.560. The molecule has 1 fully saturated rings. The summed E-state index contributed by atoms with van der Waals surface area (Å²) < 4.78 is 5.96. The van der Waals surface area contributed by atoms with Crippen molar-refractivity contribution in [1.82, 2.24) is 14.9 Å². The number of aromatic nitrogens is 2. The summed E-state index contributed by atoms with van der Waals surface area (Å²) in [4.78, 5) is 27.1. The highest BCUT2D eigenvalue weighted by atomic mass is 16.5. The molecule has 0 N–H and O–H groups in total. The number of rotatable bonds is 6. The third-order valence-corrected chi connectivity index (χ3v) is 6.14. The molecule has 3 heterocycles. The molecule has 0 radical (unpaired) electrons. The van der Waals surface area contributed by atoms with Crippen molar-refractivity contribution >= 4 is 11.7 Å². The van der Waals surface area contributed by atoms with Gasteiger partial charge in [-0.2, -0.15) is 0 Å². The average molecular weight is 423 g/mol. The predicted octanol–water partition coefficient (Wildman–Crippen LogP) is 4.22. The van der Waals surface area contributed by atoms with Crippen LogP contribution in [0.1, 0.15) is 57.7 Å². The summed E-state index contributed by atoms with van der Waals surface area (Å²) in [5, 5.41) is 0. The van der Waals surface area contributed by atoms with Gasteiger partial charge in [0.15, 0.2) is 5.82 Å². The van der Waals surface area contributed by atoms with Crippen LogP contribution in [0.15, 0.2) is 30.3 Å². The Hall–Kier alpha value is -2.47. The summed E-state index contributed by atoms with van der Waals surface area (Å²) in [6.45, 7) is 9.32. The summed E-state index contributed by atoms with van der Waals surface area (Å²) in [5.74, 6) is 1.99. The molecule has 1 saturated heterocycles. The molecule has 0 saturated carbocycles. The number of morpholine rings is 1. The number of fused-ring (bicyclic) bond motifs is 1. The van der Waals surface area contributed by atoms with Crippen LogP contribution in [-0.4, -0.2) is 52.6 Å². The van der Waals surface area contributed by atoms with E-state index in [4.69, 9.17) is 14.7 Å². The van der Waals surface area contributed by atoms with Crippen LogP contribution in [0.4, 0.5) is 5.82 Å². The quantitative estimate of drug-likeness (QED) is 0.652. The molecule has 2 aromatic rings. The lowest BCUT2D eigenvalue weighted by atomic mass is 10.0. The first-order chi connectivity index (χ1) is 15.0. The van der Waals surface area contributed by atoms with E-state index >= 15 is 0 Å². The maximum Gasteiger partial charge on any atom is 0.222 e. The number of unbranched alkanes of at least 4 members (excludes halogenated alkanes) is 2. The normalized spacial score (nSPS) is 21.1. The van der Waals surface area contributed by atoms with Gasteiger partial charge in [0, 0.05) is 43.6 Å². The first-order valence-corrected chi connectivity index (χ1v) is 11.7. The van der Waals surface area contributed by atoms with Crippen LogP contribution >= 0.6 is 0 Å². The van der Waals surface area contributed by atoms with E-state index < -0.39 is 0 Å². The summed E-state index contributed by atoms with van der Waals surface area (Å²) in [5.41, 5.74) is 3.21. The van der Waals surface area contributed by atoms with Gasteiger partial charge in [-0.05, 0) is 20.3 Å². The van der Waals surface area contributed by atoms with E-state index in [9.17, 15) is 4.79 Å². The first kappa shape index (κ1) is 21.8. The number of benzene rings is 1. The number of carbonyl (C=O) groups is 1. The number of amides is 1. The largest absolute Gasteiger partial charge is 0.372 e. The van der Waals surface area contributed by atoms with Crippen LogP contribution in [-0.2, 0) is 22.5 Å². The molecule has 0 spiro atoms. The summed E-state index contributed by atoms with van der Waals surface area (Å²) >= 11 is 0. The van der Waals surface area contributed by atoms with Crippen LogP contribution in [0.3, 0.4) is 0 Å². The molecule has 0 aliphatic carbocycles. The Bertz CT molecular complexity index is 892. The van der Waals surface area contributed by atoms with Crippen molar-refractivity contribution in [1.29, 1.82) is 0 Å². The molecule has 31 heavy (non-hydrogen) atoms. The van der Waals surface area contributed by atoms with Gasteiger partial charge in [-0.3, -0.25) is 4.79 Å². The molecule has 6 nitrogen and oxygen atoms in total. The van der Waals surface area contributed by atoms with Crippen LogP contribution in [0.2, 0.25) is 0 Å². The van der Waals surface area contributed by atoms with Crippen LogP contribution in [0, 0.1) is 0 Å². The monoisotopic (exact) mass is 422 g/mol. The van der Waals surface area contributed by atoms with Gasteiger partial charge in [0.1, 0.15) is 5.82 Å². The van der Waals surface area contributed by atoms with Gasteiger partial charge in [-0.1, -0.05) is 50.1 Å². The molecule has 0 unspecified atom stereocenters. The van der Waals surface area contributed by atoms with Gasteiger partial charge in [0.05, 0.1) is 24.4 Å². The van der Waals surface area contributed by atoms with Gasteiger partial charge in [-0.25, -0.2) is 9.97 Å². The number of nitrogens with zero attached hydrogens (tertiary/aromatic N) is 4. The van der Waals surface area contributed by atoms with E-state index in [-0.39, 0.29) is 18.1 Å². The molecular formula is C25H34N4O2. The fourth-order valence-corrected chi connectivity index (χ4v) is 4.62. The molecule has 1 aromatic carbocycles. The minimum Gasteiger partial charge on any atom is -0.372 e. The zero-order valence-electron chi connectivity index (χ0n) is 19.0. The van der Waals surface area contributed by atoms with Gasteiger partial charge in [0.2, 0.25) is 5.91 Å². The summed E-state index contributed by atoms with van der Waals surface area (Å²) in [6, 6.07) is 10.2. The summed E-state index contributed by atoms with van der Waals surface area (Å²) in [6.07, 6.45) is 4.90. The van der Waals surface area contributed by atoms with E-state index in [1.54, 1.807) is 0 Å². The second kappa shape index (κ2) is 9.77. The van der Waals surface area contributed by atoms with Crippen molar-refractivity contribution < 1.29 is 9.53 Å². The van der Waals surface area contributed by atoms with Crippen LogP contribution < -0.4 is 4.90 Å². The number of hydrogen-bond donors (Lipinski definition) is 0. The Morgan fingerprint density at radius 3 is 2.55 bits per heavy atom. The highest BCUT2D eigenvalue weighted by molar-refractivity contribution is 5.77. The van der Waals surface area contributed by atoms with E-state index in [1.807, 2.05) is 23.1 Å². The van der Waals surface area contributed by atoms with E-state index in [1.165, 1.54) is 0 Å². The molecule has 4 rings (SSSR count). The minimum absolute atomic E-state index is 0.143. The number of anilines is 1. The zero-order valence-corrected chi connectivity index (χ0v) is 19.0. The Morgan fingerprint density at radius 2 is 1.84 bits per heavy atom. The van der Waals surface area contributed by atoms with Crippen LogP contribution in [0.25, 0.3) is 11.4 Å². The maximum atomic E-state index is 12.8. The molecule has 2 atom stereocenters. The van der Waals surface area contributed by atoms with E-state index in [2.05, 4.69) is 37.8 Å². The maximum absolute atomic E-state index is 12.8. The van der Waals surface area contributed by atoms with Gasteiger partial charge in [0.25, 0.3) is 0 Å². The van der Waals surface area contributed by atoms with E-state index in [0.29, 0.717) is 13.0 Å². The lowest BCUT2D eigenvalue weighted by Gasteiger charge is -2.39. The molecule has 2 aliphatic rings. The van der Waals surface area contributed by atoms with Gasteiger partial charge in [-0.15, -0.1) is 0 Å². The second-order valence-electron chi connectivity index (χ2n) is 8.85. The molecule has 1 aromatic heterocycles. The lowest BCUT2D eigenvalue weighted by Crippen LogP contribution is -2.47. The molecular weight excluding hydrogens is 388 g/mol. The predicted molar refractivity (Wildman–Crippen MR) is 123 cm³/mol. The third kappa shape index (κ3) is 5.06. The van der Waals surface area contributed by atoms with Crippen molar-refractivity contribution in [2.24, 2.45) is 0 Å². The van der Waals surface area contributed by atoms with Gasteiger partial charge < -0.3 is 14.5 Å². The Morgan fingerprint density at radius 1 is 1.10 bits per heavy atom. The van der Waals surface area contributed by atoms with Crippen molar-refractivity contribution in [3.8, 4) is 11.4 Å². The average Bonchev–Trinajstić information content (AvgIpc) is 2.78. The standard InChI is InChI=1S/C25H34N4O2/c1-4-5-7-12-23(30)28-14-13-22-21(17-28)25(29-15-18(2)31-19(3)16-29)27-24(26-22)20-10-8-6-9-11-20/h6,8-11,18-19H,4-5,7,12-17H2,1-3H3/t18-,19-/m1/s1. The van der Waals surface area contributed by atoms with Crippen molar-refractivity contribution in [2.75, 3.05) is 24.5 Å². The summed E-state index contributed by atoms with van der Waals surface area (Å²) in [7, 11) is 0. The molecule has 6 heteroatoms. The zero-order chi connectivity index (χ0) is 21.8. The Kier molecular flexibility index (Phi) is 6.86. The number of carbonyl (C=O) groups excluding carboxylic acids is 1. The highest BCUT2D eigenvalue weighted by Crippen LogP contribution is 2.31. The third-order valence-electron chi connectivity index (χ3n) is 6.14. The van der Waals surface area contributed by atoms with Gasteiger partial charge >= 0.3 is 0 Å². The highest BCUT2D eigenvalue weighted by Gasteiger charge is 2.31. The number of hydrogen-bond acceptors (Lipinski definition) is 5. The van der Waals surface area contributed by atoms with Crippen molar-refractivity contribution in [3.05, 3.63) is 41.6 Å². The smallest absolute Gasteiger partial charge is 0.222 e. The first-order valence-electron chi connectivity index (χ1n) is 11.7. The van der Waals surface area contributed by atoms with Crippen LogP contribution in [0.5, 0.6) is 0 Å².